The van der Waals surface area contributed by atoms with Crippen LogP contribution in [-0.2, 0) is 0 Å². The van der Waals surface area contributed by atoms with Crippen molar-refractivity contribution in [2.24, 2.45) is 0 Å². The van der Waals surface area contributed by atoms with E-state index in [0.717, 1.165) is 107 Å². The van der Waals surface area contributed by atoms with Gasteiger partial charge in [0, 0.05) is 93.6 Å². The van der Waals surface area contributed by atoms with Crippen molar-refractivity contribution in [1.29, 1.82) is 0 Å². The highest BCUT2D eigenvalue weighted by Gasteiger charge is 2.20. The highest BCUT2D eigenvalue weighted by Crippen LogP contribution is 2.37. The van der Waals surface area contributed by atoms with Crippen LogP contribution in [0.2, 0.25) is 0 Å². The van der Waals surface area contributed by atoms with Crippen LogP contribution in [0.5, 0.6) is 11.5 Å². The standard InChI is InChI=1S/C38H45N9OS/c1-44-14-18-46(19-15-44)35-12-8-27(24-39-35)32-22-31(26-41-37(32)28-9-13-36(40-25-28)47-20-16-45(2)17-21-47)48-30-10-11-33-34(23-30)49-38(43-33)42-29-6-4-3-5-7-29/h8-13,22-26,29H,3-7,14-21H2,1-2H3,(H,42,43). The van der Waals surface area contributed by atoms with E-state index in [4.69, 9.17) is 24.7 Å². The summed E-state index contributed by atoms with van der Waals surface area (Å²) in [5.74, 6) is 3.45. The van der Waals surface area contributed by atoms with Crippen molar-refractivity contribution >= 4 is 38.3 Å². The zero-order valence-electron chi connectivity index (χ0n) is 28.5. The van der Waals surface area contributed by atoms with Crippen LogP contribution in [0.15, 0.2) is 67.1 Å². The molecular formula is C38H45N9OS. The van der Waals surface area contributed by atoms with Crippen LogP contribution in [-0.4, -0.2) is 102 Å². The normalized spacial score (nSPS) is 18.2. The summed E-state index contributed by atoms with van der Waals surface area (Å²) in [5.41, 5.74) is 4.76. The topological polar surface area (TPSA) is 85.8 Å². The molecule has 4 aromatic heterocycles. The number of benzene rings is 1. The summed E-state index contributed by atoms with van der Waals surface area (Å²) in [6, 6.07) is 17.3. The molecule has 0 radical (unpaired) electrons. The molecule has 2 aliphatic heterocycles. The average Bonchev–Trinajstić information content (AvgIpc) is 3.54. The van der Waals surface area contributed by atoms with E-state index < -0.39 is 0 Å². The van der Waals surface area contributed by atoms with Crippen LogP contribution in [0, 0.1) is 0 Å². The number of nitrogens with zero attached hydrogens (tertiary/aromatic N) is 8. The molecule has 10 nitrogen and oxygen atoms in total. The summed E-state index contributed by atoms with van der Waals surface area (Å²) in [6.07, 6.45) is 12.1. The largest absolute Gasteiger partial charge is 0.456 e. The van der Waals surface area contributed by atoms with Gasteiger partial charge in [-0.3, -0.25) is 4.98 Å². The molecule has 8 rings (SSSR count). The summed E-state index contributed by atoms with van der Waals surface area (Å²) in [5, 5.41) is 4.67. The summed E-state index contributed by atoms with van der Waals surface area (Å²) < 4.78 is 7.58. The third-order valence-corrected chi connectivity index (χ3v) is 11.1. The Hall–Kier alpha value is -4.32. The number of piperazine rings is 2. The smallest absolute Gasteiger partial charge is 0.184 e. The SMILES string of the molecule is CN1CCN(c2ccc(-c3cc(Oc4ccc5nc(NC6CCCCC6)sc5c4)cnc3-c3ccc(N4CCN(C)CC4)nc3)cn2)CC1. The molecule has 0 unspecified atom stereocenters. The Morgan fingerprint density at radius 1 is 0.673 bits per heavy atom. The molecule has 0 atom stereocenters. The van der Waals surface area contributed by atoms with Gasteiger partial charge in [0.1, 0.15) is 23.1 Å². The third-order valence-electron chi connectivity index (χ3n) is 10.1. The fraction of sp³-hybridized carbons (Fsp3) is 0.421. The second kappa shape index (κ2) is 14.3. The molecule has 3 aliphatic rings. The Morgan fingerprint density at radius 3 is 1.96 bits per heavy atom. The van der Waals surface area contributed by atoms with E-state index in [1.807, 2.05) is 30.7 Å². The first kappa shape index (κ1) is 31.9. The minimum Gasteiger partial charge on any atom is -0.456 e. The maximum absolute atomic E-state index is 6.47. The maximum Gasteiger partial charge on any atom is 0.184 e. The first-order chi connectivity index (χ1) is 24.0. The molecule has 6 heterocycles. The van der Waals surface area contributed by atoms with Crippen LogP contribution < -0.4 is 19.9 Å². The lowest BCUT2D eigenvalue weighted by molar-refractivity contribution is 0.312. The van der Waals surface area contributed by atoms with Gasteiger partial charge in [-0.15, -0.1) is 0 Å². The number of thiazole rings is 1. The summed E-state index contributed by atoms with van der Waals surface area (Å²) >= 11 is 1.69. The second-order valence-electron chi connectivity index (χ2n) is 13.7. The Morgan fingerprint density at radius 2 is 1.33 bits per heavy atom. The van der Waals surface area contributed by atoms with Gasteiger partial charge >= 0.3 is 0 Å². The van der Waals surface area contributed by atoms with Crippen molar-refractivity contribution in [1.82, 2.24) is 29.7 Å². The lowest BCUT2D eigenvalue weighted by Crippen LogP contribution is -2.44. The van der Waals surface area contributed by atoms with Crippen molar-refractivity contribution in [3.8, 4) is 33.9 Å². The van der Waals surface area contributed by atoms with Crippen molar-refractivity contribution in [2.45, 2.75) is 38.1 Å². The number of likely N-dealkylation sites (N-methyl/N-ethyl adjacent to an activating group) is 2. The Labute approximate surface area is 292 Å². The fourth-order valence-corrected chi connectivity index (χ4v) is 8.03. The van der Waals surface area contributed by atoms with E-state index in [1.54, 1.807) is 11.3 Å². The molecule has 3 fully saturated rings. The number of anilines is 3. The van der Waals surface area contributed by atoms with Crippen molar-refractivity contribution in [3.05, 3.63) is 67.1 Å². The van der Waals surface area contributed by atoms with Gasteiger partial charge in [-0.2, -0.15) is 0 Å². The molecule has 1 aromatic carbocycles. The molecule has 1 aliphatic carbocycles. The number of hydrogen-bond acceptors (Lipinski definition) is 11. The quantitative estimate of drug-likeness (QED) is 0.188. The number of rotatable bonds is 8. The van der Waals surface area contributed by atoms with Crippen molar-refractivity contribution in [2.75, 3.05) is 81.6 Å². The number of pyridine rings is 3. The Bertz CT molecular complexity index is 1860. The van der Waals surface area contributed by atoms with E-state index in [1.165, 1.54) is 32.1 Å². The molecule has 0 spiro atoms. The number of ether oxygens (including phenoxy) is 1. The predicted octanol–water partition coefficient (Wildman–Crippen LogP) is 6.86. The van der Waals surface area contributed by atoms with Gasteiger partial charge in [0.05, 0.1) is 22.1 Å². The molecular weight excluding hydrogens is 631 g/mol. The monoisotopic (exact) mass is 675 g/mol. The first-order valence-electron chi connectivity index (χ1n) is 17.7. The third kappa shape index (κ3) is 7.34. The summed E-state index contributed by atoms with van der Waals surface area (Å²) in [4.78, 5) is 29.0. The van der Waals surface area contributed by atoms with E-state index in [-0.39, 0.29) is 0 Å². The van der Waals surface area contributed by atoms with Crippen LogP contribution in [0.3, 0.4) is 0 Å². The molecule has 5 aromatic rings. The first-order valence-corrected chi connectivity index (χ1v) is 18.5. The molecule has 11 heteroatoms. The van der Waals surface area contributed by atoms with E-state index in [9.17, 15) is 0 Å². The second-order valence-corrected chi connectivity index (χ2v) is 14.7. The van der Waals surface area contributed by atoms with Crippen LogP contribution in [0.4, 0.5) is 16.8 Å². The predicted molar refractivity (Wildman–Crippen MR) is 200 cm³/mol. The van der Waals surface area contributed by atoms with Gasteiger partial charge in [-0.1, -0.05) is 30.6 Å². The highest BCUT2D eigenvalue weighted by molar-refractivity contribution is 7.22. The molecule has 0 bridgehead atoms. The van der Waals surface area contributed by atoms with Crippen LogP contribution >= 0.6 is 11.3 Å². The van der Waals surface area contributed by atoms with E-state index >= 15 is 0 Å². The molecule has 49 heavy (non-hydrogen) atoms. The van der Waals surface area contributed by atoms with Crippen LogP contribution in [0.25, 0.3) is 32.6 Å². The number of hydrogen-bond donors (Lipinski definition) is 1. The molecule has 0 amide bonds. The zero-order valence-corrected chi connectivity index (χ0v) is 29.3. The van der Waals surface area contributed by atoms with Crippen LogP contribution in [0.1, 0.15) is 32.1 Å². The lowest BCUT2D eigenvalue weighted by Gasteiger charge is -2.33. The van der Waals surface area contributed by atoms with Gasteiger partial charge < -0.3 is 29.7 Å². The number of fused-ring (bicyclic) bond motifs is 1. The number of nitrogens with one attached hydrogen (secondary N) is 1. The Balaban J connectivity index is 1.07. The molecule has 1 saturated carbocycles. The van der Waals surface area contributed by atoms with E-state index in [2.05, 4.69) is 75.4 Å². The lowest BCUT2D eigenvalue weighted by atomic mass is 9.96. The van der Waals surface area contributed by atoms with Gasteiger partial charge in [-0.05, 0) is 69.4 Å². The van der Waals surface area contributed by atoms with Crippen molar-refractivity contribution < 1.29 is 4.74 Å². The maximum atomic E-state index is 6.47. The van der Waals surface area contributed by atoms with Gasteiger partial charge in [0.15, 0.2) is 5.13 Å². The zero-order chi connectivity index (χ0) is 33.2. The minimum atomic E-state index is 0.524. The van der Waals surface area contributed by atoms with Gasteiger partial charge in [-0.25, -0.2) is 15.0 Å². The Kier molecular flexibility index (Phi) is 9.29. The minimum absolute atomic E-state index is 0.524. The number of aromatic nitrogens is 4. The molecule has 2 saturated heterocycles. The molecule has 254 valence electrons. The summed E-state index contributed by atoms with van der Waals surface area (Å²) in [6.45, 7) is 8.09. The van der Waals surface area contributed by atoms with E-state index in [0.29, 0.717) is 11.8 Å². The molecule has 1 N–H and O–H groups in total. The van der Waals surface area contributed by atoms with Crippen molar-refractivity contribution in [3.63, 3.8) is 0 Å². The fourth-order valence-electron chi connectivity index (χ4n) is 7.06. The van der Waals surface area contributed by atoms with Gasteiger partial charge in [0.2, 0.25) is 0 Å². The summed E-state index contributed by atoms with van der Waals surface area (Å²) in [7, 11) is 4.34. The van der Waals surface area contributed by atoms with Gasteiger partial charge in [0.25, 0.3) is 0 Å². The average molecular weight is 676 g/mol. The highest BCUT2D eigenvalue weighted by atomic mass is 32.1.